The van der Waals surface area contributed by atoms with Crippen LogP contribution in [0.15, 0.2) is 78.9 Å². The Morgan fingerprint density at radius 3 is 1.97 bits per heavy atom. The minimum absolute atomic E-state index is 0.0173. The van der Waals surface area contributed by atoms with Crippen molar-refractivity contribution in [2.45, 2.75) is 6.92 Å². The minimum Gasteiger partial charge on any atom is -0.319 e. The quantitative estimate of drug-likeness (QED) is 0.430. The second kappa shape index (κ2) is 9.09. The van der Waals surface area contributed by atoms with Crippen LogP contribution in [0.4, 0.5) is 26.2 Å². The van der Waals surface area contributed by atoms with Gasteiger partial charge in [0.15, 0.2) is 0 Å². The minimum atomic E-state index is -0.489. The van der Waals surface area contributed by atoms with Crippen molar-refractivity contribution in [1.29, 1.82) is 0 Å². The molecule has 0 spiro atoms. The fourth-order valence-corrected chi connectivity index (χ4v) is 2.95. The van der Waals surface area contributed by atoms with E-state index in [-0.39, 0.29) is 17.7 Å². The summed E-state index contributed by atoms with van der Waals surface area (Å²) >= 11 is 0. The molecule has 4 rings (SSSR count). The first-order valence-electron chi connectivity index (χ1n) is 9.72. The lowest BCUT2D eigenvalue weighted by atomic mass is 10.2. The Balaban J connectivity index is 1.38. The van der Waals surface area contributed by atoms with E-state index >= 15 is 0 Å². The predicted molar refractivity (Wildman–Crippen MR) is 120 cm³/mol. The number of benzene rings is 3. The lowest BCUT2D eigenvalue weighted by Gasteiger charge is -2.08. The highest BCUT2D eigenvalue weighted by Crippen LogP contribution is 2.16. The molecule has 0 unspecified atom stereocenters. The van der Waals surface area contributed by atoms with E-state index < -0.39 is 5.91 Å². The zero-order valence-corrected chi connectivity index (χ0v) is 17.0. The van der Waals surface area contributed by atoms with E-state index in [1.165, 1.54) is 16.8 Å². The number of urea groups is 1. The fraction of sp³-hybridized carbons (Fsp3) is 0.0435. The summed E-state index contributed by atoms with van der Waals surface area (Å²) in [5, 5.41) is 12.4. The highest BCUT2D eigenvalue weighted by molar-refractivity contribution is 6.02. The number of hydrogen-bond acceptors (Lipinski definition) is 4. The van der Waals surface area contributed by atoms with E-state index in [9.17, 15) is 14.0 Å². The molecule has 3 aromatic carbocycles. The van der Waals surface area contributed by atoms with Gasteiger partial charge < -0.3 is 16.0 Å². The van der Waals surface area contributed by atoms with E-state index in [1.807, 2.05) is 18.2 Å². The van der Waals surface area contributed by atoms with Gasteiger partial charge in [0.25, 0.3) is 5.91 Å². The van der Waals surface area contributed by atoms with Crippen LogP contribution in [0.3, 0.4) is 0 Å². The van der Waals surface area contributed by atoms with Crippen molar-refractivity contribution < 1.29 is 14.0 Å². The van der Waals surface area contributed by atoms with E-state index in [0.29, 0.717) is 28.6 Å². The van der Waals surface area contributed by atoms with E-state index in [0.717, 1.165) is 0 Å². The number of halogens is 1. The number of aromatic nitrogens is 3. The number of nitrogens with one attached hydrogen (secondary N) is 3. The first-order valence-corrected chi connectivity index (χ1v) is 9.72. The van der Waals surface area contributed by atoms with Crippen molar-refractivity contribution in [2.24, 2.45) is 0 Å². The number of hydrogen-bond donors (Lipinski definition) is 3. The molecule has 0 aliphatic rings. The molecule has 0 aliphatic heterocycles. The normalized spacial score (nSPS) is 10.4. The van der Waals surface area contributed by atoms with Gasteiger partial charge in [0.2, 0.25) is 5.82 Å². The molecule has 0 bridgehead atoms. The van der Waals surface area contributed by atoms with Crippen LogP contribution in [0, 0.1) is 12.7 Å². The third-order valence-corrected chi connectivity index (χ3v) is 4.48. The van der Waals surface area contributed by atoms with Crippen LogP contribution >= 0.6 is 0 Å². The van der Waals surface area contributed by atoms with Gasteiger partial charge in [-0.3, -0.25) is 4.79 Å². The molecule has 0 atom stereocenters. The number of amides is 3. The number of para-hydroxylation sites is 1. The second-order valence-corrected chi connectivity index (χ2v) is 6.85. The van der Waals surface area contributed by atoms with E-state index in [2.05, 4.69) is 26.0 Å². The number of anilines is 3. The molecule has 9 heteroatoms. The topological polar surface area (TPSA) is 101 Å². The highest BCUT2D eigenvalue weighted by atomic mass is 19.1. The molecule has 1 aromatic heterocycles. The van der Waals surface area contributed by atoms with Crippen LogP contribution in [0.25, 0.3) is 5.69 Å². The molecule has 0 radical (unpaired) electrons. The molecular weight excluding hydrogens is 411 g/mol. The average Bonchev–Trinajstić information content (AvgIpc) is 3.18. The lowest BCUT2D eigenvalue weighted by molar-refractivity contribution is 0.101. The molecule has 3 N–H and O–H groups in total. The number of aryl methyl sites for hydroxylation is 1. The number of carbonyl (C=O) groups excluding carboxylic acids is 2. The summed E-state index contributed by atoms with van der Waals surface area (Å²) < 4.78 is 14.6. The summed E-state index contributed by atoms with van der Waals surface area (Å²) in [5.41, 5.74) is 2.35. The molecule has 160 valence electrons. The predicted octanol–water partition coefficient (Wildman–Crippen LogP) is 4.61. The Kier molecular flexibility index (Phi) is 5.89. The van der Waals surface area contributed by atoms with Gasteiger partial charge >= 0.3 is 6.03 Å². The van der Waals surface area contributed by atoms with Gasteiger partial charge in [0.05, 0.1) is 5.69 Å². The van der Waals surface area contributed by atoms with Crippen molar-refractivity contribution >= 4 is 29.0 Å². The Bertz CT molecular complexity index is 1240. The third-order valence-electron chi connectivity index (χ3n) is 4.48. The maximum atomic E-state index is 13.1. The van der Waals surface area contributed by atoms with Gasteiger partial charge in [-0.1, -0.05) is 18.2 Å². The van der Waals surface area contributed by atoms with Crippen LogP contribution in [0.1, 0.15) is 16.4 Å². The molecule has 1 heterocycles. The lowest BCUT2D eigenvalue weighted by Crippen LogP contribution is -2.19. The van der Waals surface area contributed by atoms with Crippen LogP contribution in [0.2, 0.25) is 0 Å². The molecule has 8 nitrogen and oxygen atoms in total. The van der Waals surface area contributed by atoms with Gasteiger partial charge in [-0.25, -0.2) is 18.9 Å². The molecule has 32 heavy (non-hydrogen) atoms. The summed E-state index contributed by atoms with van der Waals surface area (Å²) in [7, 11) is 0. The molecule has 0 fully saturated rings. The van der Waals surface area contributed by atoms with Crippen molar-refractivity contribution in [3.05, 3.63) is 96.3 Å². The van der Waals surface area contributed by atoms with Crippen LogP contribution in [-0.2, 0) is 0 Å². The second-order valence-electron chi connectivity index (χ2n) is 6.85. The van der Waals surface area contributed by atoms with Crippen molar-refractivity contribution in [3.8, 4) is 5.69 Å². The van der Waals surface area contributed by atoms with Crippen molar-refractivity contribution in [2.75, 3.05) is 16.0 Å². The monoisotopic (exact) mass is 430 g/mol. The summed E-state index contributed by atoms with van der Waals surface area (Å²) in [6.45, 7) is 1.70. The van der Waals surface area contributed by atoms with Crippen molar-refractivity contribution in [1.82, 2.24) is 14.8 Å². The van der Waals surface area contributed by atoms with Crippen molar-refractivity contribution in [3.63, 3.8) is 0 Å². The van der Waals surface area contributed by atoms with Gasteiger partial charge in [-0.15, -0.1) is 5.10 Å². The molecular formula is C23H19FN6O2. The Morgan fingerprint density at radius 1 is 0.781 bits per heavy atom. The Hall–Kier alpha value is -4.53. The zero-order valence-electron chi connectivity index (χ0n) is 17.0. The summed E-state index contributed by atoms with van der Waals surface area (Å²) in [4.78, 5) is 28.8. The Labute approximate surface area is 183 Å². The summed E-state index contributed by atoms with van der Waals surface area (Å²) in [6, 6.07) is 21.1. The summed E-state index contributed by atoms with van der Waals surface area (Å²) in [5.74, 6) is -0.376. The SMILES string of the molecule is Cc1nc(C(=O)Nc2ccc(NC(=O)Nc3ccccc3)cc2)nn1-c1ccc(F)cc1. The number of rotatable bonds is 5. The maximum Gasteiger partial charge on any atom is 0.323 e. The first-order chi connectivity index (χ1) is 15.5. The standard InChI is InChI=1S/C23H19FN6O2/c1-15-25-21(29-30(15)20-13-7-16(24)8-14-20)22(31)26-18-9-11-19(12-10-18)28-23(32)27-17-5-3-2-4-6-17/h2-14H,1H3,(H,26,31)(H2,27,28,32). The maximum absolute atomic E-state index is 13.1. The van der Waals surface area contributed by atoms with E-state index in [1.54, 1.807) is 55.5 Å². The highest BCUT2D eigenvalue weighted by Gasteiger charge is 2.15. The van der Waals surface area contributed by atoms with Crippen LogP contribution in [-0.4, -0.2) is 26.7 Å². The molecule has 0 aliphatic carbocycles. The number of nitrogens with zero attached hydrogens (tertiary/aromatic N) is 3. The smallest absolute Gasteiger partial charge is 0.319 e. The largest absolute Gasteiger partial charge is 0.323 e. The average molecular weight is 430 g/mol. The van der Waals surface area contributed by atoms with Gasteiger partial charge in [0.1, 0.15) is 11.6 Å². The molecule has 0 saturated heterocycles. The number of carbonyl (C=O) groups is 2. The van der Waals surface area contributed by atoms with E-state index in [4.69, 9.17) is 0 Å². The van der Waals surface area contributed by atoms with Gasteiger partial charge in [-0.05, 0) is 67.6 Å². The third kappa shape index (κ3) is 4.96. The molecule has 4 aromatic rings. The zero-order chi connectivity index (χ0) is 22.5. The first kappa shape index (κ1) is 20.7. The molecule has 0 saturated carbocycles. The van der Waals surface area contributed by atoms with Crippen LogP contribution in [0.5, 0.6) is 0 Å². The van der Waals surface area contributed by atoms with Gasteiger partial charge in [-0.2, -0.15) is 0 Å². The Morgan fingerprint density at radius 2 is 1.34 bits per heavy atom. The van der Waals surface area contributed by atoms with Crippen LogP contribution < -0.4 is 16.0 Å². The molecule has 3 amide bonds. The van der Waals surface area contributed by atoms with Gasteiger partial charge in [0, 0.05) is 17.1 Å². The summed E-state index contributed by atoms with van der Waals surface area (Å²) in [6.07, 6.45) is 0. The fourth-order valence-electron chi connectivity index (χ4n) is 2.95.